The molecule has 5 nitrogen and oxygen atoms in total. The van der Waals surface area contributed by atoms with E-state index in [-0.39, 0.29) is 18.2 Å². The second-order valence-corrected chi connectivity index (χ2v) is 3.38. The predicted octanol–water partition coefficient (Wildman–Crippen LogP) is 1.04. The van der Waals surface area contributed by atoms with Crippen LogP contribution in [0.1, 0.15) is 23.0 Å². The summed E-state index contributed by atoms with van der Waals surface area (Å²) in [5, 5.41) is 11.1. The van der Waals surface area contributed by atoms with Gasteiger partial charge in [-0.25, -0.2) is 0 Å². The van der Waals surface area contributed by atoms with Crippen LogP contribution in [0.5, 0.6) is 0 Å². The van der Waals surface area contributed by atoms with Gasteiger partial charge in [0.15, 0.2) is 5.76 Å². The van der Waals surface area contributed by atoms with Gasteiger partial charge >= 0.3 is 5.97 Å². The Labute approximate surface area is 87.1 Å². The van der Waals surface area contributed by atoms with E-state index in [0.717, 1.165) is 5.56 Å². The molecule has 0 fully saturated rings. The molecular weight excluding hydrogens is 198 g/mol. The quantitative estimate of drug-likeness (QED) is 0.779. The Morgan fingerprint density at radius 1 is 1.60 bits per heavy atom. The largest absolute Gasteiger partial charge is 0.481 e. The predicted molar refractivity (Wildman–Crippen MR) is 52.6 cm³/mol. The highest BCUT2D eigenvalue weighted by Crippen LogP contribution is 2.08. The molecule has 0 saturated carbocycles. The van der Waals surface area contributed by atoms with E-state index in [9.17, 15) is 9.59 Å². The van der Waals surface area contributed by atoms with Crippen molar-refractivity contribution in [2.24, 2.45) is 5.92 Å². The van der Waals surface area contributed by atoms with Crippen LogP contribution >= 0.6 is 0 Å². The van der Waals surface area contributed by atoms with Gasteiger partial charge in [0.1, 0.15) is 0 Å². The molecule has 1 amide bonds. The summed E-state index contributed by atoms with van der Waals surface area (Å²) in [5.74, 6) is -1.70. The fourth-order valence-corrected chi connectivity index (χ4v) is 1.02. The summed E-state index contributed by atoms with van der Waals surface area (Å²) in [6.07, 6.45) is 1.42. The van der Waals surface area contributed by atoms with Crippen LogP contribution in [0.2, 0.25) is 0 Å². The zero-order valence-corrected chi connectivity index (χ0v) is 8.61. The first kappa shape index (κ1) is 11.3. The van der Waals surface area contributed by atoms with Crippen LogP contribution in [0.25, 0.3) is 0 Å². The van der Waals surface area contributed by atoms with Gasteiger partial charge in [-0.3, -0.25) is 9.59 Å². The summed E-state index contributed by atoms with van der Waals surface area (Å²) in [5.41, 5.74) is 0.732. The highest BCUT2D eigenvalue weighted by Gasteiger charge is 2.16. The molecule has 0 aliphatic carbocycles. The first-order valence-corrected chi connectivity index (χ1v) is 4.57. The van der Waals surface area contributed by atoms with Crippen molar-refractivity contribution in [3.8, 4) is 0 Å². The molecule has 1 aromatic rings. The maximum atomic E-state index is 11.5. The zero-order valence-electron chi connectivity index (χ0n) is 8.61. The smallest absolute Gasteiger partial charge is 0.308 e. The maximum absolute atomic E-state index is 11.5. The maximum Gasteiger partial charge on any atom is 0.308 e. The van der Waals surface area contributed by atoms with Gasteiger partial charge in [0.2, 0.25) is 0 Å². The second-order valence-electron chi connectivity index (χ2n) is 3.38. The van der Waals surface area contributed by atoms with Gasteiger partial charge in [-0.15, -0.1) is 0 Å². The number of carboxylic acid groups (broad SMARTS) is 1. The van der Waals surface area contributed by atoms with Crippen molar-refractivity contribution in [3.63, 3.8) is 0 Å². The molecule has 0 bridgehead atoms. The van der Waals surface area contributed by atoms with Crippen molar-refractivity contribution >= 4 is 11.9 Å². The highest BCUT2D eigenvalue weighted by molar-refractivity contribution is 5.93. The van der Waals surface area contributed by atoms with Crippen molar-refractivity contribution in [1.82, 2.24) is 5.32 Å². The topological polar surface area (TPSA) is 79.5 Å². The first-order chi connectivity index (χ1) is 7.02. The number of carbonyl (C=O) groups is 2. The van der Waals surface area contributed by atoms with Gasteiger partial charge in [0.25, 0.3) is 5.91 Å². The van der Waals surface area contributed by atoms with Crippen LogP contribution in [0.3, 0.4) is 0 Å². The van der Waals surface area contributed by atoms with E-state index in [1.807, 2.05) is 0 Å². The van der Waals surface area contributed by atoms with Gasteiger partial charge < -0.3 is 14.8 Å². The van der Waals surface area contributed by atoms with E-state index in [1.165, 1.54) is 13.2 Å². The molecule has 0 saturated heterocycles. The van der Waals surface area contributed by atoms with Gasteiger partial charge in [-0.05, 0) is 13.0 Å². The SMILES string of the molecule is Cc1ccoc1C(=O)NCC(C)C(=O)O. The monoisotopic (exact) mass is 211 g/mol. The van der Waals surface area contributed by atoms with Crippen LogP contribution in [-0.4, -0.2) is 23.5 Å². The van der Waals surface area contributed by atoms with E-state index in [0.29, 0.717) is 0 Å². The molecule has 1 aromatic heterocycles. The van der Waals surface area contributed by atoms with Crippen molar-refractivity contribution < 1.29 is 19.1 Å². The number of carboxylic acids is 1. The van der Waals surface area contributed by atoms with E-state index >= 15 is 0 Å². The lowest BCUT2D eigenvalue weighted by atomic mass is 10.2. The van der Waals surface area contributed by atoms with Crippen molar-refractivity contribution in [2.45, 2.75) is 13.8 Å². The average molecular weight is 211 g/mol. The number of aliphatic carboxylic acids is 1. The van der Waals surface area contributed by atoms with Crippen LogP contribution in [0.4, 0.5) is 0 Å². The summed E-state index contributed by atoms with van der Waals surface area (Å²) in [7, 11) is 0. The van der Waals surface area contributed by atoms with Crippen molar-refractivity contribution in [1.29, 1.82) is 0 Å². The molecule has 15 heavy (non-hydrogen) atoms. The molecule has 2 N–H and O–H groups in total. The Balaban J connectivity index is 2.51. The second kappa shape index (κ2) is 4.63. The number of nitrogens with one attached hydrogen (secondary N) is 1. The number of aryl methyl sites for hydroxylation is 1. The Hall–Kier alpha value is -1.78. The van der Waals surface area contributed by atoms with E-state index in [4.69, 9.17) is 9.52 Å². The van der Waals surface area contributed by atoms with Crippen molar-refractivity contribution in [3.05, 3.63) is 23.7 Å². The summed E-state index contributed by atoms with van der Waals surface area (Å²) >= 11 is 0. The molecule has 0 aromatic carbocycles. The fraction of sp³-hybridized carbons (Fsp3) is 0.400. The molecule has 1 rings (SSSR count). The number of rotatable bonds is 4. The number of amides is 1. The van der Waals surface area contributed by atoms with Gasteiger partial charge in [-0.2, -0.15) is 0 Å². The molecule has 82 valence electrons. The van der Waals surface area contributed by atoms with E-state index in [1.54, 1.807) is 13.0 Å². The van der Waals surface area contributed by atoms with Gasteiger partial charge in [0.05, 0.1) is 12.2 Å². The van der Waals surface area contributed by atoms with Gasteiger partial charge in [-0.1, -0.05) is 6.92 Å². The third kappa shape index (κ3) is 2.83. The normalized spacial score (nSPS) is 12.1. The average Bonchev–Trinajstić information content (AvgIpc) is 2.60. The van der Waals surface area contributed by atoms with Crippen LogP contribution in [-0.2, 0) is 4.79 Å². The minimum Gasteiger partial charge on any atom is -0.481 e. The minimum atomic E-state index is -0.938. The number of furan rings is 1. The lowest BCUT2D eigenvalue weighted by molar-refractivity contribution is -0.140. The molecule has 1 heterocycles. The molecule has 0 spiro atoms. The minimum absolute atomic E-state index is 0.0916. The first-order valence-electron chi connectivity index (χ1n) is 4.57. The third-order valence-corrected chi connectivity index (χ3v) is 2.06. The van der Waals surface area contributed by atoms with E-state index in [2.05, 4.69) is 5.32 Å². The lowest BCUT2D eigenvalue weighted by Gasteiger charge is -2.07. The molecule has 0 aliphatic rings. The molecular formula is C10H13NO4. The molecule has 5 heteroatoms. The molecule has 1 unspecified atom stereocenters. The lowest BCUT2D eigenvalue weighted by Crippen LogP contribution is -2.31. The highest BCUT2D eigenvalue weighted by atomic mass is 16.4. The molecule has 1 atom stereocenters. The summed E-state index contributed by atoms with van der Waals surface area (Å²) in [4.78, 5) is 21.9. The third-order valence-electron chi connectivity index (χ3n) is 2.06. The Bertz CT molecular complexity index is 369. The summed E-state index contributed by atoms with van der Waals surface area (Å²) in [6, 6.07) is 1.68. The Kier molecular flexibility index (Phi) is 3.49. The summed E-state index contributed by atoms with van der Waals surface area (Å²) in [6.45, 7) is 3.37. The van der Waals surface area contributed by atoms with Crippen LogP contribution in [0.15, 0.2) is 16.7 Å². The van der Waals surface area contributed by atoms with Crippen molar-refractivity contribution in [2.75, 3.05) is 6.54 Å². The number of hydrogen-bond acceptors (Lipinski definition) is 3. The molecule has 0 radical (unpaired) electrons. The Morgan fingerprint density at radius 3 is 2.73 bits per heavy atom. The fourth-order valence-electron chi connectivity index (χ4n) is 1.02. The van der Waals surface area contributed by atoms with E-state index < -0.39 is 11.9 Å². The molecule has 0 aliphatic heterocycles. The summed E-state index contributed by atoms with van der Waals surface area (Å²) < 4.78 is 4.96. The van der Waals surface area contributed by atoms with Gasteiger partial charge in [0, 0.05) is 12.1 Å². The van der Waals surface area contributed by atoms with Crippen LogP contribution < -0.4 is 5.32 Å². The van der Waals surface area contributed by atoms with Crippen LogP contribution in [0, 0.1) is 12.8 Å². The Morgan fingerprint density at radius 2 is 2.27 bits per heavy atom. The standard InChI is InChI=1S/C10H13NO4/c1-6-3-4-15-8(6)9(12)11-5-7(2)10(13)14/h3-4,7H,5H2,1-2H3,(H,11,12)(H,13,14). The zero-order chi connectivity index (χ0) is 11.4. The number of hydrogen-bond donors (Lipinski definition) is 2. The number of carbonyl (C=O) groups excluding carboxylic acids is 1.